The van der Waals surface area contributed by atoms with Gasteiger partial charge in [-0.05, 0) is 42.2 Å². The summed E-state index contributed by atoms with van der Waals surface area (Å²) in [4.78, 5) is 19.1. The Morgan fingerprint density at radius 3 is 2.26 bits per heavy atom. The van der Waals surface area contributed by atoms with Crippen molar-refractivity contribution in [1.29, 1.82) is 0 Å². The van der Waals surface area contributed by atoms with Crippen LogP contribution in [0.15, 0.2) is 41.3 Å². The summed E-state index contributed by atoms with van der Waals surface area (Å²) in [5.41, 5.74) is 0.507. The fourth-order valence-corrected chi connectivity index (χ4v) is 7.18. The molecule has 1 saturated heterocycles. The molecule has 0 radical (unpaired) electrons. The van der Waals surface area contributed by atoms with Crippen LogP contribution in [-0.2, 0) is 10.0 Å². The maximum atomic E-state index is 13.9. The summed E-state index contributed by atoms with van der Waals surface area (Å²) in [7, 11) is -3.67. The SMILES string of the molecule is CC(C)CN(CC(C)C)S(=O)(=O)c1ccc(C(=O)N2CCC(Oc3nc4c(F)cc(F)cc4s3)CC2)cc1. The predicted molar refractivity (Wildman–Crippen MR) is 144 cm³/mol. The van der Waals surface area contributed by atoms with Gasteiger partial charge in [0.25, 0.3) is 11.1 Å². The van der Waals surface area contributed by atoms with Gasteiger partial charge in [0, 0.05) is 50.7 Å². The number of halogens is 2. The summed E-state index contributed by atoms with van der Waals surface area (Å²) < 4.78 is 61.7. The lowest BCUT2D eigenvalue weighted by Gasteiger charge is -2.31. The van der Waals surface area contributed by atoms with Crippen LogP contribution in [0.5, 0.6) is 5.19 Å². The van der Waals surface area contributed by atoms with Crippen molar-refractivity contribution in [1.82, 2.24) is 14.2 Å². The number of likely N-dealkylation sites (tertiary alicyclic amines) is 1. The number of benzene rings is 2. The molecule has 0 bridgehead atoms. The Bertz CT molecular complexity index is 1370. The highest BCUT2D eigenvalue weighted by molar-refractivity contribution is 7.89. The highest BCUT2D eigenvalue weighted by atomic mass is 32.2. The van der Waals surface area contributed by atoms with Gasteiger partial charge in [0.1, 0.15) is 17.4 Å². The number of piperidine rings is 1. The Hall–Kier alpha value is -2.63. The van der Waals surface area contributed by atoms with Crippen LogP contribution in [0.1, 0.15) is 50.9 Å². The first-order valence-electron chi connectivity index (χ1n) is 12.8. The summed E-state index contributed by atoms with van der Waals surface area (Å²) in [6, 6.07) is 8.16. The number of ether oxygens (including phenoxy) is 1. The second-order valence-electron chi connectivity index (χ2n) is 10.5. The normalized spacial score (nSPS) is 15.2. The van der Waals surface area contributed by atoms with Crippen molar-refractivity contribution >= 4 is 37.5 Å². The predicted octanol–water partition coefficient (Wildman–Crippen LogP) is 5.56. The van der Waals surface area contributed by atoms with Crippen LogP contribution in [0.3, 0.4) is 0 Å². The molecule has 0 aliphatic carbocycles. The van der Waals surface area contributed by atoms with Gasteiger partial charge in [-0.1, -0.05) is 39.0 Å². The molecule has 2 heterocycles. The van der Waals surface area contributed by atoms with Crippen LogP contribution in [0.25, 0.3) is 10.2 Å². The minimum absolute atomic E-state index is 0.0843. The van der Waals surface area contributed by atoms with Crippen molar-refractivity contribution in [3.63, 3.8) is 0 Å². The zero-order valence-corrected chi connectivity index (χ0v) is 23.6. The van der Waals surface area contributed by atoms with Gasteiger partial charge in [-0.2, -0.15) is 9.29 Å². The maximum Gasteiger partial charge on any atom is 0.274 e. The number of carbonyl (C=O) groups excluding carboxylic acids is 1. The lowest BCUT2D eigenvalue weighted by Crippen LogP contribution is -2.41. The van der Waals surface area contributed by atoms with Crippen LogP contribution < -0.4 is 4.74 Å². The molecular weight excluding hydrogens is 532 g/mol. The van der Waals surface area contributed by atoms with E-state index in [9.17, 15) is 22.0 Å². The van der Waals surface area contributed by atoms with E-state index in [2.05, 4.69) is 4.98 Å². The number of carbonyl (C=O) groups is 1. The maximum absolute atomic E-state index is 13.9. The summed E-state index contributed by atoms with van der Waals surface area (Å²) in [6.45, 7) is 9.71. The Morgan fingerprint density at radius 2 is 1.68 bits per heavy atom. The molecule has 2 aromatic carbocycles. The van der Waals surface area contributed by atoms with Crippen molar-refractivity contribution in [2.75, 3.05) is 26.2 Å². The molecule has 11 heteroatoms. The highest BCUT2D eigenvalue weighted by Crippen LogP contribution is 2.32. The molecule has 1 aliphatic heterocycles. The van der Waals surface area contributed by atoms with E-state index in [-0.39, 0.29) is 39.5 Å². The monoisotopic (exact) mass is 565 g/mol. The Labute approximate surface area is 226 Å². The third-order valence-corrected chi connectivity index (χ3v) is 9.01. The lowest BCUT2D eigenvalue weighted by atomic mass is 10.1. The van der Waals surface area contributed by atoms with Gasteiger partial charge in [-0.3, -0.25) is 4.79 Å². The zero-order chi connectivity index (χ0) is 27.6. The second kappa shape index (κ2) is 11.6. The standard InChI is InChI=1S/C27H33F2N3O4S2/c1-17(2)15-32(16-18(3)4)38(34,35)22-7-5-19(6-8-22)26(33)31-11-9-21(10-12-31)36-27-30-25-23(29)13-20(28)14-24(25)37-27/h5-8,13-14,17-18,21H,9-12,15-16H2,1-4H3. The molecule has 1 aromatic heterocycles. The zero-order valence-electron chi connectivity index (χ0n) is 22.0. The van der Waals surface area contributed by atoms with Gasteiger partial charge in [-0.15, -0.1) is 0 Å². The molecule has 206 valence electrons. The molecule has 3 aromatic rings. The van der Waals surface area contributed by atoms with Crippen molar-refractivity contribution in [2.45, 2.75) is 51.5 Å². The molecule has 0 spiro atoms. The largest absolute Gasteiger partial charge is 0.467 e. The molecule has 1 fully saturated rings. The Balaban J connectivity index is 1.37. The molecule has 0 unspecified atom stereocenters. The Kier molecular flexibility index (Phi) is 8.68. The van der Waals surface area contributed by atoms with E-state index in [1.807, 2.05) is 27.7 Å². The fourth-order valence-electron chi connectivity index (χ4n) is 4.49. The number of aromatic nitrogens is 1. The van der Waals surface area contributed by atoms with E-state index in [1.165, 1.54) is 22.5 Å². The van der Waals surface area contributed by atoms with Crippen molar-refractivity contribution in [3.8, 4) is 5.19 Å². The minimum atomic E-state index is -3.67. The lowest BCUT2D eigenvalue weighted by molar-refractivity contribution is 0.0595. The van der Waals surface area contributed by atoms with E-state index in [0.29, 0.717) is 49.3 Å². The van der Waals surface area contributed by atoms with Crippen LogP contribution in [-0.4, -0.2) is 60.8 Å². The first kappa shape index (κ1) is 28.4. The third-order valence-electron chi connectivity index (χ3n) is 6.27. The fraction of sp³-hybridized carbons (Fsp3) is 0.481. The topological polar surface area (TPSA) is 79.8 Å². The van der Waals surface area contributed by atoms with Crippen molar-refractivity contribution in [3.05, 3.63) is 53.6 Å². The van der Waals surface area contributed by atoms with Gasteiger partial charge in [0.05, 0.1) is 9.60 Å². The van der Waals surface area contributed by atoms with E-state index in [1.54, 1.807) is 17.0 Å². The van der Waals surface area contributed by atoms with Crippen molar-refractivity contribution < 1.29 is 26.7 Å². The molecule has 4 rings (SSSR count). The van der Waals surface area contributed by atoms with Crippen LogP contribution in [0.2, 0.25) is 0 Å². The van der Waals surface area contributed by atoms with Gasteiger partial charge in [0.15, 0.2) is 5.82 Å². The molecule has 1 amide bonds. The summed E-state index contributed by atoms with van der Waals surface area (Å²) in [5, 5.41) is 0.273. The van der Waals surface area contributed by atoms with E-state index in [0.717, 1.165) is 17.4 Å². The molecule has 0 N–H and O–H groups in total. The molecular formula is C27H33F2N3O4S2. The molecule has 0 saturated carbocycles. The number of sulfonamides is 1. The molecule has 1 aliphatic rings. The van der Waals surface area contributed by atoms with Crippen LogP contribution in [0.4, 0.5) is 8.78 Å². The van der Waals surface area contributed by atoms with Gasteiger partial charge >= 0.3 is 0 Å². The summed E-state index contributed by atoms with van der Waals surface area (Å²) >= 11 is 1.09. The molecule has 7 nitrogen and oxygen atoms in total. The minimum Gasteiger partial charge on any atom is -0.467 e. The quantitative estimate of drug-likeness (QED) is 0.339. The third kappa shape index (κ3) is 6.50. The van der Waals surface area contributed by atoms with E-state index >= 15 is 0 Å². The number of fused-ring (bicyclic) bond motifs is 1. The number of hydrogen-bond acceptors (Lipinski definition) is 6. The number of rotatable bonds is 9. The first-order chi connectivity index (χ1) is 17.9. The van der Waals surface area contributed by atoms with E-state index < -0.39 is 21.7 Å². The van der Waals surface area contributed by atoms with Crippen LogP contribution in [0, 0.1) is 23.5 Å². The average Bonchev–Trinajstić information content (AvgIpc) is 3.26. The first-order valence-corrected chi connectivity index (χ1v) is 15.0. The van der Waals surface area contributed by atoms with Gasteiger partial charge in [-0.25, -0.2) is 17.2 Å². The van der Waals surface area contributed by atoms with E-state index in [4.69, 9.17) is 4.74 Å². The number of thiazole rings is 1. The Morgan fingerprint density at radius 1 is 1.08 bits per heavy atom. The summed E-state index contributed by atoms with van der Waals surface area (Å²) in [5.74, 6) is -1.18. The smallest absolute Gasteiger partial charge is 0.274 e. The average molecular weight is 566 g/mol. The van der Waals surface area contributed by atoms with Gasteiger partial charge < -0.3 is 9.64 Å². The van der Waals surface area contributed by atoms with Crippen molar-refractivity contribution in [2.24, 2.45) is 11.8 Å². The summed E-state index contributed by atoms with van der Waals surface area (Å²) in [6.07, 6.45) is 0.919. The molecule has 38 heavy (non-hydrogen) atoms. The number of amides is 1. The number of hydrogen-bond donors (Lipinski definition) is 0. The number of nitrogens with zero attached hydrogens (tertiary/aromatic N) is 3. The second-order valence-corrected chi connectivity index (χ2v) is 13.4. The van der Waals surface area contributed by atoms with Gasteiger partial charge in [0.2, 0.25) is 10.0 Å². The van der Waals surface area contributed by atoms with Crippen LogP contribution >= 0.6 is 11.3 Å². The highest BCUT2D eigenvalue weighted by Gasteiger charge is 2.28. The molecule has 0 atom stereocenters.